The Morgan fingerprint density at radius 2 is 2.25 bits per heavy atom. The molecule has 3 heterocycles. The molecule has 1 atom stereocenters. The maximum atomic E-state index is 12.2. The number of piperidine rings is 1. The quantitative estimate of drug-likeness (QED) is 0.643. The fraction of sp³-hybridized carbons (Fsp3) is 0.550. The molecule has 0 bridgehead atoms. The second-order valence-corrected chi connectivity index (χ2v) is 7.56. The van der Waals surface area contributed by atoms with E-state index in [4.69, 9.17) is 10.5 Å². The van der Waals surface area contributed by atoms with E-state index in [0.29, 0.717) is 30.6 Å². The number of amides is 1. The highest BCUT2D eigenvalue weighted by Gasteiger charge is 2.29. The normalized spacial score (nSPS) is 21.2. The van der Waals surface area contributed by atoms with Gasteiger partial charge < -0.3 is 26.0 Å². The summed E-state index contributed by atoms with van der Waals surface area (Å²) in [5.74, 6) is 1.13. The number of nitrogens with zero attached hydrogens (tertiary/aromatic N) is 3. The van der Waals surface area contributed by atoms with Crippen LogP contribution in [0.1, 0.15) is 32.6 Å². The highest BCUT2D eigenvalue weighted by atomic mass is 16.5. The predicted octanol–water partition coefficient (Wildman–Crippen LogP) is 1.86. The SMILES string of the molecule is CCCCOc1nc(N)c2c(n1)N(CC1C=C3CNCCC3=CC1)CC(=O)N2. The molecule has 1 aromatic rings. The van der Waals surface area contributed by atoms with Gasteiger partial charge in [-0.25, -0.2) is 0 Å². The molecule has 8 nitrogen and oxygen atoms in total. The van der Waals surface area contributed by atoms with E-state index >= 15 is 0 Å². The summed E-state index contributed by atoms with van der Waals surface area (Å²) in [5, 5.41) is 6.24. The summed E-state index contributed by atoms with van der Waals surface area (Å²) >= 11 is 0. The van der Waals surface area contributed by atoms with Crippen molar-refractivity contribution < 1.29 is 9.53 Å². The molecule has 1 aliphatic carbocycles. The van der Waals surface area contributed by atoms with Gasteiger partial charge in [0.25, 0.3) is 0 Å². The molecule has 0 radical (unpaired) electrons. The van der Waals surface area contributed by atoms with Crippen molar-refractivity contribution in [2.75, 3.05) is 48.7 Å². The second kappa shape index (κ2) is 8.18. The molecule has 8 heteroatoms. The summed E-state index contributed by atoms with van der Waals surface area (Å²) in [6, 6.07) is 0.270. The molecule has 3 aliphatic rings. The molecule has 150 valence electrons. The number of anilines is 3. The van der Waals surface area contributed by atoms with Crippen molar-refractivity contribution >= 4 is 23.2 Å². The van der Waals surface area contributed by atoms with E-state index < -0.39 is 0 Å². The lowest BCUT2D eigenvalue weighted by Crippen LogP contribution is -2.42. The van der Waals surface area contributed by atoms with Crippen molar-refractivity contribution in [1.29, 1.82) is 0 Å². The van der Waals surface area contributed by atoms with Crippen molar-refractivity contribution in [1.82, 2.24) is 15.3 Å². The lowest BCUT2D eigenvalue weighted by molar-refractivity contribution is -0.115. The third-order valence-corrected chi connectivity index (χ3v) is 5.38. The van der Waals surface area contributed by atoms with Crippen molar-refractivity contribution in [3.05, 3.63) is 23.3 Å². The van der Waals surface area contributed by atoms with E-state index in [-0.39, 0.29) is 24.3 Å². The zero-order chi connectivity index (χ0) is 19.5. The summed E-state index contributed by atoms with van der Waals surface area (Å²) in [6.07, 6.45) is 8.72. The molecule has 1 amide bonds. The smallest absolute Gasteiger partial charge is 0.320 e. The number of nitrogens with one attached hydrogen (secondary N) is 2. The van der Waals surface area contributed by atoms with Gasteiger partial charge in [-0.3, -0.25) is 4.79 Å². The molecular formula is C20H28N6O2. The molecule has 0 aromatic carbocycles. The van der Waals surface area contributed by atoms with Crippen LogP contribution in [0.15, 0.2) is 23.3 Å². The number of ether oxygens (including phenoxy) is 1. The van der Waals surface area contributed by atoms with E-state index in [1.165, 1.54) is 11.1 Å². The van der Waals surface area contributed by atoms with Gasteiger partial charge in [0.15, 0.2) is 11.6 Å². The molecule has 4 N–H and O–H groups in total. The number of fused-ring (bicyclic) bond motifs is 2. The second-order valence-electron chi connectivity index (χ2n) is 7.56. The third kappa shape index (κ3) is 3.96. The van der Waals surface area contributed by atoms with Gasteiger partial charge in [-0.2, -0.15) is 9.97 Å². The lowest BCUT2D eigenvalue weighted by Gasteiger charge is -2.34. The fourth-order valence-corrected chi connectivity index (χ4v) is 3.92. The summed E-state index contributed by atoms with van der Waals surface area (Å²) in [4.78, 5) is 23.0. The van der Waals surface area contributed by atoms with E-state index in [1.807, 2.05) is 4.90 Å². The van der Waals surface area contributed by atoms with Crippen LogP contribution >= 0.6 is 0 Å². The summed E-state index contributed by atoms with van der Waals surface area (Å²) < 4.78 is 5.66. The maximum Gasteiger partial charge on any atom is 0.320 e. The molecule has 1 fully saturated rings. The molecular weight excluding hydrogens is 356 g/mol. The third-order valence-electron chi connectivity index (χ3n) is 5.38. The summed E-state index contributed by atoms with van der Waals surface area (Å²) in [6.45, 7) is 5.58. The minimum absolute atomic E-state index is 0.0959. The van der Waals surface area contributed by atoms with E-state index in [1.54, 1.807) is 0 Å². The first-order chi connectivity index (χ1) is 13.6. The van der Waals surface area contributed by atoms with E-state index in [9.17, 15) is 4.79 Å². The molecule has 0 saturated carbocycles. The Bertz CT molecular complexity index is 819. The topological polar surface area (TPSA) is 105 Å². The highest BCUT2D eigenvalue weighted by Crippen LogP contribution is 2.35. The van der Waals surface area contributed by atoms with Gasteiger partial charge in [0.05, 0.1) is 13.2 Å². The van der Waals surface area contributed by atoms with Gasteiger partial charge >= 0.3 is 6.01 Å². The van der Waals surface area contributed by atoms with Crippen molar-refractivity contribution in [2.24, 2.45) is 5.92 Å². The largest absolute Gasteiger partial charge is 0.463 e. The molecule has 28 heavy (non-hydrogen) atoms. The van der Waals surface area contributed by atoms with Crippen molar-refractivity contribution in [3.8, 4) is 6.01 Å². The minimum Gasteiger partial charge on any atom is -0.463 e. The van der Waals surface area contributed by atoms with Crippen LogP contribution in [0.3, 0.4) is 0 Å². The van der Waals surface area contributed by atoms with Gasteiger partial charge in [-0.15, -0.1) is 0 Å². The number of hydrogen-bond donors (Lipinski definition) is 3. The van der Waals surface area contributed by atoms with Gasteiger partial charge in [-0.1, -0.05) is 25.5 Å². The number of carbonyl (C=O) groups is 1. The Kier molecular flexibility index (Phi) is 5.47. The average Bonchev–Trinajstić information content (AvgIpc) is 2.69. The van der Waals surface area contributed by atoms with Crippen LogP contribution in [0, 0.1) is 5.92 Å². The number of rotatable bonds is 6. The Balaban J connectivity index is 1.54. The van der Waals surface area contributed by atoms with Crippen LogP contribution in [0.2, 0.25) is 0 Å². The maximum absolute atomic E-state index is 12.2. The van der Waals surface area contributed by atoms with Gasteiger partial charge in [0, 0.05) is 13.1 Å². The first kappa shape index (κ1) is 18.7. The van der Waals surface area contributed by atoms with Crippen LogP contribution in [-0.2, 0) is 4.79 Å². The van der Waals surface area contributed by atoms with Crippen molar-refractivity contribution in [2.45, 2.75) is 32.6 Å². The van der Waals surface area contributed by atoms with Gasteiger partial charge in [0.2, 0.25) is 5.91 Å². The first-order valence-corrected chi connectivity index (χ1v) is 10.1. The fourth-order valence-electron chi connectivity index (χ4n) is 3.92. The number of nitrogens with two attached hydrogens (primary N) is 1. The Morgan fingerprint density at radius 1 is 1.36 bits per heavy atom. The van der Waals surface area contributed by atoms with Gasteiger partial charge in [0.1, 0.15) is 5.69 Å². The average molecular weight is 384 g/mol. The Labute approximate surface area is 165 Å². The number of hydrogen-bond acceptors (Lipinski definition) is 7. The summed E-state index contributed by atoms with van der Waals surface area (Å²) in [7, 11) is 0. The van der Waals surface area contributed by atoms with E-state index in [0.717, 1.165) is 38.8 Å². The molecule has 0 spiro atoms. The number of carbonyl (C=O) groups excluding carboxylic acids is 1. The molecule has 4 rings (SSSR count). The monoisotopic (exact) mass is 384 g/mol. The Morgan fingerprint density at radius 3 is 3.11 bits per heavy atom. The standard InChI is InChI=1S/C20H28N6O2/c1-2-3-8-28-20-24-18(21)17-19(25-20)26(12-16(27)23-17)11-13-4-5-14-6-7-22-10-15(14)9-13/h5,9,13,22H,2-4,6-8,10-12H2,1H3,(H,23,27)(H2,21,24,25). The number of unbranched alkanes of at least 4 members (excludes halogenated alkanes) is 1. The Hall–Kier alpha value is -2.61. The number of allylic oxidation sites excluding steroid dienone is 1. The van der Waals surface area contributed by atoms with Gasteiger partial charge in [-0.05, 0) is 42.9 Å². The van der Waals surface area contributed by atoms with Crippen LogP contribution in [0.5, 0.6) is 6.01 Å². The molecule has 2 aliphatic heterocycles. The zero-order valence-electron chi connectivity index (χ0n) is 16.3. The zero-order valence-corrected chi connectivity index (χ0v) is 16.3. The number of aromatic nitrogens is 2. The molecule has 1 unspecified atom stereocenters. The molecule has 1 saturated heterocycles. The van der Waals surface area contributed by atoms with Crippen LogP contribution in [0.4, 0.5) is 17.3 Å². The lowest BCUT2D eigenvalue weighted by atomic mass is 9.87. The minimum atomic E-state index is -0.0959. The van der Waals surface area contributed by atoms with E-state index in [2.05, 4.69) is 39.7 Å². The number of nitrogen functional groups attached to an aromatic ring is 1. The van der Waals surface area contributed by atoms with Crippen LogP contribution in [0.25, 0.3) is 0 Å². The highest BCUT2D eigenvalue weighted by molar-refractivity contribution is 6.03. The van der Waals surface area contributed by atoms with Crippen LogP contribution in [-0.4, -0.2) is 48.7 Å². The predicted molar refractivity (Wildman–Crippen MR) is 109 cm³/mol. The summed E-state index contributed by atoms with van der Waals surface area (Å²) in [5.41, 5.74) is 9.42. The molecule has 1 aromatic heterocycles. The van der Waals surface area contributed by atoms with Crippen molar-refractivity contribution in [3.63, 3.8) is 0 Å². The first-order valence-electron chi connectivity index (χ1n) is 10.1. The van der Waals surface area contributed by atoms with Crippen LogP contribution < -0.4 is 26.0 Å².